The maximum Gasteiger partial charge on any atom is 0.231 e. The van der Waals surface area contributed by atoms with Gasteiger partial charge >= 0.3 is 0 Å². The molecule has 0 saturated carbocycles. The maximum atomic E-state index is 13.8. The van der Waals surface area contributed by atoms with E-state index < -0.39 is 11.6 Å². The number of carbonyl (C=O) groups excluding carboxylic acids is 2. The SMILES string of the molecule is CN1C(=O)Cc2cc(C(=O)c3c(F)cccc3Cl)ccc21. The highest BCUT2D eigenvalue weighted by Crippen LogP contribution is 2.30. The Morgan fingerprint density at radius 3 is 2.76 bits per heavy atom. The van der Waals surface area contributed by atoms with Crippen molar-refractivity contribution in [1.82, 2.24) is 0 Å². The summed E-state index contributed by atoms with van der Waals surface area (Å²) in [7, 11) is 1.68. The molecule has 2 aromatic rings. The van der Waals surface area contributed by atoms with E-state index in [2.05, 4.69) is 0 Å². The largest absolute Gasteiger partial charge is 0.315 e. The summed E-state index contributed by atoms with van der Waals surface area (Å²) in [5.74, 6) is -1.16. The van der Waals surface area contributed by atoms with Crippen LogP contribution in [0.1, 0.15) is 21.5 Å². The van der Waals surface area contributed by atoms with E-state index in [1.54, 1.807) is 30.1 Å². The van der Waals surface area contributed by atoms with Crippen LogP contribution in [0.5, 0.6) is 0 Å². The number of ketones is 1. The second kappa shape index (κ2) is 4.97. The van der Waals surface area contributed by atoms with Gasteiger partial charge in [-0.05, 0) is 35.9 Å². The van der Waals surface area contributed by atoms with E-state index in [0.29, 0.717) is 5.56 Å². The molecule has 0 aromatic heterocycles. The Bertz CT molecular complexity index is 753. The van der Waals surface area contributed by atoms with Gasteiger partial charge in [0.2, 0.25) is 5.91 Å². The van der Waals surface area contributed by atoms with Crippen molar-refractivity contribution < 1.29 is 14.0 Å². The van der Waals surface area contributed by atoms with Gasteiger partial charge in [0.25, 0.3) is 0 Å². The molecule has 0 atom stereocenters. The van der Waals surface area contributed by atoms with Gasteiger partial charge in [0.05, 0.1) is 17.0 Å². The van der Waals surface area contributed by atoms with E-state index in [1.165, 1.54) is 18.2 Å². The summed E-state index contributed by atoms with van der Waals surface area (Å²) in [6.45, 7) is 0. The van der Waals surface area contributed by atoms with Crippen LogP contribution in [0.25, 0.3) is 0 Å². The molecule has 0 bridgehead atoms. The first-order valence-electron chi connectivity index (χ1n) is 6.37. The Morgan fingerprint density at radius 1 is 1.29 bits per heavy atom. The van der Waals surface area contributed by atoms with Crippen LogP contribution in [0.3, 0.4) is 0 Å². The highest BCUT2D eigenvalue weighted by molar-refractivity contribution is 6.35. The second-order valence-corrected chi connectivity index (χ2v) is 5.31. The Kier molecular flexibility index (Phi) is 3.26. The first kappa shape index (κ1) is 13.8. The van der Waals surface area contributed by atoms with Gasteiger partial charge in [-0.25, -0.2) is 4.39 Å². The number of rotatable bonds is 2. The quantitative estimate of drug-likeness (QED) is 0.799. The molecular weight excluding hydrogens is 293 g/mol. The number of fused-ring (bicyclic) bond motifs is 1. The molecule has 1 heterocycles. The summed E-state index contributed by atoms with van der Waals surface area (Å²) in [5.41, 5.74) is 1.72. The second-order valence-electron chi connectivity index (χ2n) is 4.90. The van der Waals surface area contributed by atoms with Crippen LogP contribution >= 0.6 is 11.6 Å². The van der Waals surface area contributed by atoms with Gasteiger partial charge in [-0.2, -0.15) is 0 Å². The predicted octanol–water partition coefficient (Wildman–Crippen LogP) is 3.23. The average Bonchev–Trinajstić information content (AvgIpc) is 2.73. The van der Waals surface area contributed by atoms with E-state index in [4.69, 9.17) is 11.6 Å². The van der Waals surface area contributed by atoms with Crippen LogP contribution in [0, 0.1) is 5.82 Å². The minimum absolute atomic E-state index is 0.0291. The Morgan fingerprint density at radius 2 is 2.05 bits per heavy atom. The van der Waals surface area contributed by atoms with E-state index >= 15 is 0 Å². The Labute approximate surface area is 125 Å². The number of hydrogen-bond acceptors (Lipinski definition) is 2. The highest BCUT2D eigenvalue weighted by atomic mass is 35.5. The first-order chi connectivity index (χ1) is 9.99. The number of benzene rings is 2. The third kappa shape index (κ3) is 2.21. The van der Waals surface area contributed by atoms with Gasteiger partial charge in [-0.15, -0.1) is 0 Å². The topological polar surface area (TPSA) is 37.4 Å². The van der Waals surface area contributed by atoms with Gasteiger partial charge in [0.1, 0.15) is 5.82 Å². The average molecular weight is 304 g/mol. The molecule has 2 aromatic carbocycles. The smallest absolute Gasteiger partial charge is 0.231 e. The minimum Gasteiger partial charge on any atom is -0.315 e. The Balaban J connectivity index is 2.05. The highest BCUT2D eigenvalue weighted by Gasteiger charge is 2.26. The zero-order valence-corrected chi connectivity index (χ0v) is 11.9. The fourth-order valence-electron chi connectivity index (χ4n) is 2.47. The normalized spacial score (nSPS) is 13.5. The summed E-state index contributed by atoms with van der Waals surface area (Å²) in [5, 5.41) is 0.0775. The monoisotopic (exact) mass is 303 g/mol. The van der Waals surface area contributed by atoms with E-state index in [9.17, 15) is 14.0 Å². The third-order valence-electron chi connectivity index (χ3n) is 3.61. The first-order valence-corrected chi connectivity index (χ1v) is 6.75. The van der Waals surface area contributed by atoms with E-state index in [0.717, 1.165) is 11.3 Å². The number of halogens is 2. The summed E-state index contributed by atoms with van der Waals surface area (Å²) in [4.78, 5) is 25.6. The number of anilines is 1. The molecule has 1 aliphatic heterocycles. The van der Waals surface area contributed by atoms with Crippen molar-refractivity contribution in [3.63, 3.8) is 0 Å². The lowest BCUT2D eigenvalue weighted by Crippen LogP contribution is -2.20. The molecule has 21 heavy (non-hydrogen) atoms. The van der Waals surface area contributed by atoms with Crippen molar-refractivity contribution in [2.24, 2.45) is 0 Å². The van der Waals surface area contributed by atoms with Crippen molar-refractivity contribution >= 4 is 29.0 Å². The van der Waals surface area contributed by atoms with E-state index in [1.807, 2.05) is 0 Å². The van der Waals surface area contributed by atoms with E-state index in [-0.39, 0.29) is 22.9 Å². The standard InChI is InChI=1S/C16H11ClFNO2/c1-19-13-6-5-9(7-10(13)8-14(19)20)16(21)15-11(17)3-2-4-12(15)18/h2-7H,8H2,1H3. The summed E-state index contributed by atoms with van der Waals surface area (Å²) < 4.78 is 13.8. The van der Waals surface area contributed by atoms with Crippen LogP contribution in [-0.4, -0.2) is 18.7 Å². The molecule has 0 unspecified atom stereocenters. The summed E-state index contributed by atoms with van der Waals surface area (Å²) >= 11 is 5.91. The van der Waals surface area contributed by atoms with Crippen molar-refractivity contribution in [1.29, 1.82) is 0 Å². The lowest BCUT2D eigenvalue weighted by Gasteiger charge is -2.10. The van der Waals surface area contributed by atoms with Crippen LogP contribution in [0.15, 0.2) is 36.4 Å². The molecule has 106 valence electrons. The van der Waals surface area contributed by atoms with Crippen molar-refractivity contribution in [3.8, 4) is 0 Å². The fraction of sp³-hybridized carbons (Fsp3) is 0.125. The molecule has 0 spiro atoms. The van der Waals surface area contributed by atoms with Crippen molar-refractivity contribution in [3.05, 3.63) is 63.9 Å². The van der Waals surface area contributed by atoms with Crippen LogP contribution in [0.2, 0.25) is 5.02 Å². The van der Waals surface area contributed by atoms with Crippen LogP contribution < -0.4 is 4.90 Å². The molecular formula is C16H11ClFNO2. The summed E-state index contributed by atoms with van der Waals surface area (Å²) in [6, 6.07) is 9.03. The number of carbonyl (C=O) groups is 2. The molecule has 1 aliphatic rings. The fourth-order valence-corrected chi connectivity index (χ4v) is 2.72. The van der Waals surface area contributed by atoms with Gasteiger partial charge in [-0.3, -0.25) is 9.59 Å². The molecule has 3 rings (SSSR count). The maximum absolute atomic E-state index is 13.8. The molecule has 0 aliphatic carbocycles. The molecule has 1 amide bonds. The molecule has 5 heteroatoms. The van der Waals surface area contributed by atoms with Gasteiger partial charge in [0.15, 0.2) is 5.78 Å². The molecule has 0 saturated heterocycles. The van der Waals surface area contributed by atoms with Crippen molar-refractivity contribution in [2.75, 3.05) is 11.9 Å². The molecule has 0 N–H and O–H groups in total. The lowest BCUT2D eigenvalue weighted by molar-refractivity contribution is -0.117. The van der Waals surface area contributed by atoms with Gasteiger partial charge in [-0.1, -0.05) is 17.7 Å². The zero-order valence-electron chi connectivity index (χ0n) is 11.2. The lowest BCUT2D eigenvalue weighted by atomic mass is 10.00. The number of hydrogen-bond donors (Lipinski definition) is 0. The number of likely N-dealkylation sites (N-methyl/N-ethyl adjacent to an activating group) is 1. The molecule has 0 radical (unpaired) electrons. The van der Waals surface area contributed by atoms with Crippen molar-refractivity contribution in [2.45, 2.75) is 6.42 Å². The van der Waals surface area contributed by atoms with Gasteiger partial charge < -0.3 is 4.90 Å². The summed E-state index contributed by atoms with van der Waals surface area (Å²) in [6.07, 6.45) is 0.248. The molecule has 3 nitrogen and oxygen atoms in total. The Hall–Kier alpha value is -2.20. The van der Waals surface area contributed by atoms with Gasteiger partial charge in [0, 0.05) is 18.3 Å². The number of nitrogens with zero attached hydrogens (tertiary/aromatic N) is 1. The minimum atomic E-state index is -0.652. The third-order valence-corrected chi connectivity index (χ3v) is 3.92. The van der Waals surface area contributed by atoms with Crippen LogP contribution in [-0.2, 0) is 11.2 Å². The zero-order chi connectivity index (χ0) is 15.1. The molecule has 0 fully saturated rings. The number of amides is 1. The predicted molar refractivity (Wildman–Crippen MR) is 78.4 cm³/mol. The van der Waals surface area contributed by atoms with Crippen LogP contribution in [0.4, 0.5) is 10.1 Å².